The molecule has 1 heterocycles. The van der Waals surface area contributed by atoms with E-state index in [1.165, 1.54) is 0 Å². The summed E-state index contributed by atoms with van der Waals surface area (Å²) in [5, 5.41) is 6.37. The monoisotopic (exact) mass is 541 g/mol. The lowest BCUT2D eigenvalue weighted by molar-refractivity contribution is -0.0137. The molecule has 0 spiro atoms. The molecule has 2 atom stereocenters. The van der Waals surface area contributed by atoms with Gasteiger partial charge >= 0.3 is 6.09 Å². The quantitative estimate of drug-likeness (QED) is 0.280. The molecule has 1 aliphatic heterocycles. The topological polar surface area (TPSA) is 78.4 Å². The Bertz CT molecular complexity index is 525. The number of rotatable bonds is 8. The average molecular weight is 542 g/mol. The molecule has 8 nitrogen and oxygen atoms in total. The first kappa shape index (κ1) is 29.2. The van der Waals surface area contributed by atoms with Crippen LogP contribution in [0.4, 0.5) is 4.79 Å². The molecule has 0 aromatic rings. The van der Waals surface area contributed by atoms with Crippen LogP contribution in [0.25, 0.3) is 0 Å². The van der Waals surface area contributed by atoms with Crippen LogP contribution < -0.4 is 10.6 Å². The van der Waals surface area contributed by atoms with Crippen molar-refractivity contribution >= 4 is 36.0 Å². The van der Waals surface area contributed by atoms with Crippen LogP contribution in [0, 0.1) is 5.92 Å². The van der Waals surface area contributed by atoms with Crippen LogP contribution in [-0.4, -0.2) is 93.0 Å². The summed E-state index contributed by atoms with van der Waals surface area (Å²) in [6.07, 6.45) is 0.576. The van der Waals surface area contributed by atoms with Crippen molar-refractivity contribution < 1.29 is 14.3 Å². The number of alkyl carbamates (subject to hydrolysis) is 1. The highest BCUT2D eigenvalue weighted by molar-refractivity contribution is 14.0. The summed E-state index contributed by atoms with van der Waals surface area (Å²) in [6, 6.07) is 0.0329. The van der Waals surface area contributed by atoms with Gasteiger partial charge in [0.25, 0.3) is 0 Å². The third-order valence-corrected chi connectivity index (χ3v) is 4.77. The number of ether oxygens (including phenoxy) is 2. The van der Waals surface area contributed by atoms with Crippen molar-refractivity contribution in [3.8, 4) is 0 Å². The highest BCUT2D eigenvalue weighted by Gasteiger charge is 2.22. The van der Waals surface area contributed by atoms with Crippen molar-refractivity contribution in [3.05, 3.63) is 0 Å². The van der Waals surface area contributed by atoms with E-state index in [9.17, 15) is 4.79 Å². The first-order valence-electron chi connectivity index (χ1n) is 10.8. The molecule has 0 bridgehead atoms. The fraction of sp³-hybridized carbons (Fsp3) is 0.905. The summed E-state index contributed by atoms with van der Waals surface area (Å²) in [4.78, 5) is 21.3. The van der Waals surface area contributed by atoms with Gasteiger partial charge in [0.05, 0.1) is 19.3 Å². The third kappa shape index (κ3) is 12.1. The van der Waals surface area contributed by atoms with Gasteiger partial charge in [-0.2, -0.15) is 0 Å². The van der Waals surface area contributed by atoms with Gasteiger partial charge in [-0.3, -0.25) is 4.99 Å². The minimum Gasteiger partial charge on any atom is -0.444 e. The Morgan fingerprint density at radius 2 is 2.03 bits per heavy atom. The molecular weight excluding hydrogens is 497 g/mol. The molecule has 30 heavy (non-hydrogen) atoms. The average Bonchev–Trinajstić information content (AvgIpc) is 2.60. The summed E-state index contributed by atoms with van der Waals surface area (Å²) in [7, 11) is 4.14. The molecule has 0 aromatic heterocycles. The predicted molar refractivity (Wildman–Crippen MR) is 134 cm³/mol. The zero-order valence-corrected chi connectivity index (χ0v) is 22.5. The molecule has 0 saturated carbocycles. The Labute approximate surface area is 200 Å². The maximum Gasteiger partial charge on any atom is 0.407 e. The van der Waals surface area contributed by atoms with Crippen molar-refractivity contribution in [2.24, 2.45) is 10.9 Å². The second-order valence-electron chi connectivity index (χ2n) is 9.16. The number of hydrogen-bond acceptors (Lipinski definition) is 5. The fourth-order valence-corrected chi connectivity index (χ4v) is 3.10. The summed E-state index contributed by atoms with van der Waals surface area (Å²) in [6.45, 7) is 16.8. The minimum atomic E-state index is -0.497. The van der Waals surface area contributed by atoms with Crippen LogP contribution in [0.15, 0.2) is 4.99 Å². The van der Waals surface area contributed by atoms with Crippen LogP contribution in [0.3, 0.4) is 0 Å². The molecule has 0 radical (unpaired) electrons. The van der Waals surface area contributed by atoms with Crippen molar-refractivity contribution in [1.29, 1.82) is 0 Å². The van der Waals surface area contributed by atoms with E-state index in [0.717, 1.165) is 45.2 Å². The number of carbonyl (C=O) groups excluding carboxylic acids is 1. The number of likely N-dealkylation sites (N-methyl/N-ethyl adjacent to an activating group) is 1. The highest BCUT2D eigenvalue weighted by Crippen LogP contribution is 2.11. The number of amides is 1. The SMILES string of the molecule is CCNC(=NCC1CN(C)CCO1)N(C)CCC(NC(=O)OC(C)(C)C)C(C)C.I. The molecule has 1 rings (SSSR count). The molecule has 1 amide bonds. The Hall–Kier alpha value is -0.810. The van der Waals surface area contributed by atoms with Crippen molar-refractivity contribution in [2.45, 2.75) is 65.7 Å². The Balaban J connectivity index is 0.00000841. The van der Waals surface area contributed by atoms with Gasteiger partial charge in [-0.15, -0.1) is 24.0 Å². The minimum absolute atomic E-state index is 0. The van der Waals surface area contributed by atoms with Gasteiger partial charge in [-0.05, 0) is 47.1 Å². The maximum atomic E-state index is 12.2. The second-order valence-corrected chi connectivity index (χ2v) is 9.16. The summed E-state index contributed by atoms with van der Waals surface area (Å²) < 4.78 is 11.2. The summed E-state index contributed by atoms with van der Waals surface area (Å²) in [5.41, 5.74) is -0.497. The van der Waals surface area contributed by atoms with E-state index in [2.05, 4.69) is 48.3 Å². The normalized spacial score (nSPS) is 19.1. The summed E-state index contributed by atoms with van der Waals surface area (Å²) in [5.74, 6) is 1.17. The first-order chi connectivity index (χ1) is 13.5. The third-order valence-electron chi connectivity index (χ3n) is 4.77. The molecule has 9 heteroatoms. The Kier molecular flexibility index (Phi) is 13.9. The van der Waals surface area contributed by atoms with Gasteiger partial charge in [0, 0.05) is 39.3 Å². The van der Waals surface area contributed by atoms with Gasteiger partial charge in [0.15, 0.2) is 5.96 Å². The molecule has 1 saturated heterocycles. The summed E-state index contributed by atoms with van der Waals surface area (Å²) >= 11 is 0. The number of hydrogen-bond donors (Lipinski definition) is 2. The largest absolute Gasteiger partial charge is 0.444 e. The number of nitrogens with zero attached hydrogens (tertiary/aromatic N) is 3. The van der Waals surface area contributed by atoms with E-state index >= 15 is 0 Å². The Morgan fingerprint density at radius 1 is 1.37 bits per heavy atom. The lowest BCUT2D eigenvalue weighted by Gasteiger charge is -2.30. The second kappa shape index (κ2) is 14.3. The van der Waals surface area contributed by atoms with Crippen molar-refractivity contribution in [1.82, 2.24) is 20.4 Å². The molecule has 1 fully saturated rings. The van der Waals surface area contributed by atoms with E-state index in [0.29, 0.717) is 12.5 Å². The molecular formula is C21H44IN5O3. The Morgan fingerprint density at radius 3 is 2.57 bits per heavy atom. The van der Waals surface area contributed by atoms with Crippen LogP contribution in [-0.2, 0) is 9.47 Å². The van der Waals surface area contributed by atoms with Crippen LogP contribution in [0.2, 0.25) is 0 Å². The number of carbonyl (C=O) groups is 1. The van der Waals surface area contributed by atoms with Gasteiger partial charge in [0.1, 0.15) is 5.60 Å². The van der Waals surface area contributed by atoms with E-state index in [1.807, 2.05) is 27.8 Å². The molecule has 178 valence electrons. The highest BCUT2D eigenvalue weighted by atomic mass is 127. The number of halogens is 1. The van der Waals surface area contributed by atoms with Gasteiger partial charge in [-0.25, -0.2) is 4.79 Å². The van der Waals surface area contributed by atoms with Gasteiger partial charge in [0.2, 0.25) is 0 Å². The van der Waals surface area contributed by atoms with E-state index < -0.39 is 5.60 Å². The molecule has 2 unspecified atom stereocenters. The molecule has 1 aliphatic rings. The maximum absolute atomic E-state index is 12.2. The molecule has 2 N–H and O–H groups in total. The predicted octanol–water partition coefficient (Wildman–Crippen LogP) is 2.77. The number of guanidine groups is 1. The van der Waals surface area contributed by atoms with E-state index in [4.69, 9.17) is 14.5 Å². The standard InChI is InChI=1S/C21H43N5O3.HI/c1-9-22-19(23-14-17-15-25(7)12-13-28-17)26(8)11-10-18(16(2)3)24-20(27)29-21(4,5)6;/h16-18H,9-15H2,1-8H3,(H,22,23)(H,24,27);1H. The number of morpholine rings is 1. The van der Waals surface area contributed by atoms with Crippen molar-refractivity contribution in [2.75, 3.05) is 53.4 Å². The van der Waals surface area contributed by atoms with Crippen molar-refractivity contribution in [3.63, 3.8) is 0 Å². The smallest absolute Gasteiger partial charge is 0.407 e. The van der Waals surface area contributed by atoms with Gasteiger partial charge in [-0.1, -0.05) is 13.8 Å². The lowest BCUT2D eigenvalue weighted by atomic mass is 10.0. The first-order valence-corrected chi connectivity index (χ1v) is 10.8. The zero-order valence-electron chi connectivity index (χ0n) is 20.2. The van der Waals surface area contributed by atoms with Crippen LogP contribution in [0.5, 0.6) is 0 Å². The number of nitrogens with one attached hydrogen (secondary N) is 2. The fourth-order valence-electron chi connectivity index (χ4n) is 3.10. The van der Waals surface area contributed by atoms with Crippen LogP contribution in [0.1, 0.15) is 48.0 Å². The molecule has 0 aliphatic carbocycles. The zero-order chi connectivity index (χ0) is 22.0. The van der Waals surface area contributed by atoms with Gasteiger partial charge < -0.3 is 29.9 Å². The molecule has 0 aromatic carbocycles. The number of aliphatic imine (C=N–C) groups is 1. The lowest BCUT2D eigenvalue weighted by Crippen LogP contribution is -2.46. The van der Waals surface area contributed by atoms with E-state index in [-0.39, 0.29) is 42.2 Å². The van der Waals surface area contributed by atoms with E-state index in [1.54, 1.807) is 0 Å². The van der Waals surface area contributed by atoms with Crippen LogP contribution >= 0.6 is 24.0 Å².